The van der Waals surface area contributed by atoms with E-state index in [0.717, 1.165) is 38.5 Å². The Morgan fingerprint density at radius 2 is 1.38 bits per heavy atom. The molecule has 5 N–H and O–H groups in total. The molecule has 0 rings (SSSR count). The normalized spacial score (nSPS) is 15.7. The van der Waals surface area contributed by atoms with Crippen LogP contribution in [-0.4, -0.2) is 69.0 Å². The summed E-state index contributed by atoms with van der Waals surface area (Å²) in [6.07, 6.45) is 13.8. The molecule has 0 aliphatic rings. The molecule has 0 bridgehead atoms. The number of carbonyl (C=O) groups is 2. The molecule has 0 aromatic heterocycles. The Bertz CT molecular complexity index is 546. The average molecular weight is 459 g/mol. The van der Waals surface area contributed by atoms with Crippen molar-refractivity contribution in [2.75, 3.05) is 13.2 Å². The fourth-order valence-corrected chi connectivity index (χ4v) is 3.12. The van der Waals surface area contributed by atoms with Crippen molar-refractivity contribution < 1.29 is 39.9 Å². The molecule has 0 amide bonds. The molecule has 0 radical (unpaired) electrons. The highest BCUT2D eigenvalue weighted by Crippen LogP contribution is 2.20. The third kappa shape index (κ3) is 14.5. The van der Waals surface area contributed by atoms with Crippen LogP contribution in [0.1, 0.15) is 77.6 Å². The predicted octanol–water partition coefficient (Wildman–Crippen LogP) is 2.16. The van der Waals surface area contributed by atoms with Gasteiger partial charge in [-0.05, 0) is 38.5 Å². The number of aliphatic hydroxyl groups is 5. The molecule has 8 nitrogen and oxygen atoms in total. The van der Waals surface area contributed by atoms with Crippen LogP contribution in [0, 0.1) is 5.92 Å². The first kappa shape index (κ1) is 30.4. The van der Waals surface area contributed by atoms with Gasteiger partial charge in [0.25, 0.3) is 0 Å². The third-order valence-corrected chi connectivity index (χ3v) is 5.16. The maximum absolute atomic E-state index is 12.2. The minimum atomic E-state index is -1.86. The monoisotopic (exact) mass is 458 g/mol. The van der Waals surface area contributed by atoms with Gasteiger partial charge >= 0.3 is 11.9 Å². The van der Waals surface area contributed by atoms with Gasteiger partial charge in [0, 0.05) is 0 Å². The van der Waals surface area contributed by atoms with E-state index in [9.17, 15) is 24.9 Å². The van der Waals surface area contributed by atoms with Gasteiger partial charge in [0.15, 0.2) is 6.10 Å². The number of carbonyl (C=O) groups excluding carboxylic acids is 2. The zero-order valence-corrected chi connectivity index (χ0v) is 19.3. The lowest BCUT2D eigenvalue weighted by molar-refractivity contribution is -0.174. The van der Waals surface area contributed by atoms with Crippen LogP contribution in [0.5, 0.6) is 0 Å². The molecule has 4 atom stereocenters. The van der Waals surface area contributed by atoms with E-state index >= 15 is 0 Å². The van der Waals surface area contributed by atoms with Crippen LogP contribution in [0.25, 0.3) is 0 Å². The summed E-state index contributed by atoms with van der Waals surface area (Å²) in [4.78, 5) is 23.7. The fourth-order valence-electron chi connectivity index (χ4n) is 3.12. The summed E-state index contributed by atoms with van der Waals surface area (Å²) >= 11 is 0. The highest BCUT2D eigenvalue weighted by molar-refractivity contribution is 5.89. The van der Waals surface area contributed by atoms with Crippen LogP contribution in [0.15, 0.2) is 24.3 Å². The SMILES string of the molecule is CCCCC/C=C\C/C=C\CCCCCCC(C(=O)OC(=O)C(O)CO)C(O)C(O)CO. The first-order valence-corrected chi connectivity index (χ1v) is 11.7. The third-order valence-electron chi connectivity index (χ3n) is 5.16. The van der Waals surface area contributed by atoms with E-state index < -0.39 is 49.4 Å². The molecule has 0 fully saturated rings. The Labute approximate surface area is 191 Å². The Balaban J connectivity index is 4.24. The van der Waals surface area contributed by atoms with Crippen LogP contribution in [0.4, 0.5) is 0 Å². The quantitative estimate of drug-likeness (QED) is 0.0857. The second-order valence-electron chi connectivity index (χ2n) is 7.95. The molecular weight excluding hydrogens is 416 g/mol. The van der Waals surface area contributed by atoms with Gasteiger partial charge in [-0.15, -0.1) is 0 Å². The van der Waals surface area contributed by atoms with Crippen LogP contribution in [0.2, 0.25) is 0 Å². The number of rotatable bonds is 19. The number of hydrogen-bond acceptors (Lipinski definition) is 8. The van der Waals surface area contributed by atoms with Crippen molar-refractivity contribution in [1.29, 1.82) is 0 Å². The van der Waals surface area contributed by atoms with Crippen LogP contribution >= 0.6 is 0 Å². The van der Waals surface area contributed by atoms with E-state index in [2.05, 4.69) is 36.0 Å². The number of unbranched alkanes of at least 4 members (excludes halogenated alkanes) is 7. The molecule has 32 heavy (non-hydrogen) atoms. The largest absolute Gasteiger partial charge is 0.394 e. The number of aliphatic hydroxyl groups excluding tert-OH is 5. The Morgan fingerprint density at radius 3 is 1.94 bits per heavy atom. The summed E-state index contributed by atoms with van der Waals surface area (Å²) in [5.41, 5.74) is 0. The molecule has 0 saturated heterocycles. The Hall–Kier alpha value is -1.58. The minimum Gasteiger partial charge on any atom is -0.394 e. The zero-order valence-electron chi connectivity index (χ0n) is 19.3. The topological polar surface area (TPSA) is 145 Å². The lowest BCUT2D eigenvalue weighted by Crippen LogP contribution is -2.42. The van der Waals surface area contributed by atoms with E-state index in [4.69, 9.17) is 10.2 Å². The predicted molar refractivity (Wildman–Crippen MR) is 122 cm³/mol. The number of hydrogen-bond donors (Lipinski definition) is 5. The second-order valence-corrected chi connectivity index (χ2v) is 7.95. The molecule has 0 saturated carbocycles. The van der Waals surface area contributed by atoms with Crippen molar-refractivity contribution >= 4 is 11.9 Å². The maximum Gasteiger partial charge on any atom is 0.345 e. The lowest BCUT2D eigenvalue weighted by Gasteiger charge is -2.24. The summed E-state index contributed by atoms with van der Waals surface area (Å²) < 4.78 is 4.50. The van der Waals surface area contributed by atoms with Gasteiger partial charge in [-0.2, -0.15) is 0 Å². The van der Waals surface area contributed by atoms with Crippen molar-refractivity contribution in [3.63, 3.8) is 0 Å². The molecule has 0 aliphatic heterocycles. The van der Waals surface area contributed by atoms with E-state index in [1.807, 2.05) is 0 Å². The first-order valence-electron chi connectivity index (χ1n) is 11.7. The molecule has 4 unspecified atom stereocenters. The van der Waals surface area contributed by atoms with Crippen molar-refractivity contribution in [1.82, 2.24) is 0 Å². The summed E-state index contributed by atoms with van der Waals surface area (Å²) in [6, 6.07) is 0. The van der Waals surface area contributed by atoms with E-state index in [0.29, 0.717) is 6.42 Å². The van der Waals surface area contributed by atoms with Crippen molar-refractivity contribution in [2.45, 2.75) is 95.9 Å². The molecule has 186 valence electrons. The van der Waals surface area contributed by atoms with E-state index in [1.54, 1.807) is 0 Å². The molecule has 0 spiro atoms. The van der Waals surface area contributed by atoms with E-state index in [-0.39, 0.29) is 6.42 Å². The van der Waals surface area contributed by atoms with Gasteiger partial charge in [-0.3, -0.25) is 4.79 Å². The average Bonchev–Trinajstić information content (AvgIpc) is 2.79. The number of ether oxygens (including phenoxy) is 1. The van der Waals surface area contributed by atoms with Gasteiger partial charge in [-0.25, -0.2) is 4.79 Å². The Morgan fingerprint density at radius 1 is 0.781 bits per heavy atom. The minimum absolute atomic E-state index is 0.151. The van der Waals surface area contributed by atoms with Gasteiger partial charge in [0.1, 0.15) is 6.10 Å². The smallest absolute Gasteiger partial charge is 0.345 e. The van der Waals surface area contributed by atoms with Crippen LogP contribution < -0.4 is 0 Å². The zero-order chi connectivity index (χ0) is 24.2. The number of allylic oxidation sites excluding steroid dienone is 4. The summed E-state index contributed by atoms with van der Waals surface area (Å²) in [5, 5.41) is 46.8. The van der Waals surface area contributed by atoms with E-state index in [1.165, 1.54) is 19.3 Å². The first-order chi connectivity index (χ1) is 15.4. The van der Waals surface area contributed by atoms with Crippen molar-refractivity contribution in [3.05, 3.63) is 24.3 Å². The molecule has 0 aliphatic carbocycles. The van der Waals surface area contributed by atoms with Gasteiger partial charge in [0.2, 0.25) is 0 Å². The standard InChI is InChI=1S/C24H42O8/c1-2-3-4-5-6-7-8-9-10-11-12-13-14-15-16-19(22(29)20(27)17-25)23(30)32-24(31)21(28)18-26/h6-7,9-10,19-22,25-29H,2-5,8,11-18H2,1H3/b7-6-,10-9-. The van der Waals surface area contributed by atoms with Gasteiger partial charge in [-0.1, -0.05) is 63.3 Å². The van der Waals surface area contributed by atoms with Crippen LogP contribution in [0.3, 0.4) is 0 Å². The van der Waals surface area contributed by atoms with Gasteiger partial charge in [0.05, 0.1) is 25.2 Å². The molecule has 0 aromatic rings. The molecular formula is C24H42O8. The maximum atomic E-state index is 12.2. The van der Waals surface area contributed by atoms with Gasteiger partial charge < -0.3 is 30.3 Å². The number of esters is 2. The second kappa shape index (κ2) is 20.1. The van der Waals surface area contributed by atoms with Crippen LogP contribution in [-0.2, 0) is 14.3 Å². The highest BCUT2D eigenvalue weighted by Gasteiger charge is 2.34. The highest BCUT2D eigenvalue weighted by atomic mass is 16.6. The Kier molecular flexibility index (Phi) is 19.1. The lowest BCUT2D eigenvalue weighted by atomic mass is 9.92. The molecule has 0 aromatic carbocycles. The van der Waals surface area contributed by atoms with Crippen molar-refractivity contribution in [3.8, 4) is 0 Å². The summed E-state index contributed by atoms with van der Waals surface area (Å²) in [6.45, 7) is 0.541. The fraction of sp³-hybridized carbons (Fsp3) is 0.750. The molecule has 8 heteroatoms. The van der Waals surface area contributed by atoms with Crippen molar-refractivity contribution in [2.24, 2.45) is 5.92 Å². The molecule has 0 heterocycles. The summed E-state index contributed by atoms with van der Waals surface area (Å²) in [7, 11) is 0. The summed E-state index contributed by atoms with van der Waals surface area (Å²) in [5.74, 6) is -3.65.